The number of hydrogen-bond acceptors (Lipinski definition) is 4. The van der Waals surface area contributed by atoms with Crippen molar-refractivity contribution in [1.29, 1.82) is 0 Å². The molecule has 4 rings (SSSR count). The summed E-state index contributed by atoms with van der Waals surface area (Å²) in [6.45, 7) is 3.26. The van der Waals surface area contributed by atoms with Crippen molar-refractivity contribution in [2.24, 2.45) is 0 Å². The van der Waals surface area contributed by atoms with Gasteiger partial charge in [0.2, 0.25) is 5.91 Å². The first-order valence-electron chi connectivity index (χ1n) is 11.2. The third-order valence-corrected chi connectivity index (χ3v) is 8.11. The molecule has 176 valence electrons. The molecule has 3 aromatic rings. The maximum Gasteiger partial charge on any atom is 0.251 e. The van der Waals surface area contributed by atoms with Gasteiger partial charge in [-0.3, -0.25) is 9.59 Å². The zero-order chi connectivity index (χ0) is 23.9. The van der Waals surface area contributed by atoms with Crippen LogP contribution in [0, 0.1) is 6.92 Å². The summed E-state index contributed by atoms with van der Waals surface area (Å²) in [7, 11) is 0. The molecule has 2 amide bonds. The van der Waals surface area contributed by atoms with Gasteiger partial charge in [0.05, 0.1) is 5.75 Å². The van der Waals surface area contributed by atoms with E-state index in [0.717, 1.165) is 22.6 Å². The standard InChI is InChI=1S/C27H27ClN2O2S2/c1-19-3-2-4-21(15-19)17-33-14-13-29-26(32)22-7-9-23(10-8-22)27-30(25(31)18-34-27)16-20-5-11-24(28)12-6-20/h2-12,15,27H,13-14,16-18H2,1H3,(H,29,32)/t27-/m1/s1. The van der Waals surface area contributed by atoms with E-state index >= 15 is 0 Å². The predicted octanol–water partition coefficient (Wildman–Crippen LogP) is 6.09. The Morgan fingerprint density at radius 1 is 1.09 bits per heavy atom. The lowest BCUT2D eigenvalue weighted by molar-refractivity contribution is -0.128. The molecule has 7 heteroatoms. The van der Waals surface area contributed by atoms with Crippen LogP contribution in [0.2, 0.25) is 5.02 Å². The van der Waals surface area contributed by atoms with Crippen molar-refractivity contribution in [2.45, 2.75) is 24.6 Å². The first kappa shape index (κ1) is 24.7. The van der Waals surface area contributed by atoms with Gasteiger partial charge in [-0.1, -0.05) is 65.7 Å². The molecular formula is C27H27ClN2O2S2. The van der Waals surface area contributed by atoms with E-state index in [-0.39, 0.29) is 17.2 Å². The maximum atomic E-state index is 12.5. The van der Waals surface area contributed by atoms with Gasteiger partial charge in [0, 0.05) is 35.2 Å². The topological polar surface area (TPSA) is 49.4 Å². The zero-order valence-corrected chi connectivity index (χ0v) is 21.4. The number of hydrogen-bond donors (Lipinski definition) is 1. The highest BCUT2D eigenvalue weighted by Gasteiger charge is 2.32. The van der Waals surface area contributed by atoms with E-state index in [4.69, 9.17) is 11.6 Å². The first-order chi connectivity index (χ1) is 16.5. The number of nitrogens with one attached hydrogen (secondary N) is 1. The van der Waals surface area contributed by atoms with Crippen LogP contribution in [-0.2, 0) is 17.1 Å². The van der Waals surface area contributed by atoms with Crippen molar-refractivity contribution in [1.82, 2.24) is 10.2 Å². The van der Waals surface area contributed by atoms with Gasteiger partial charge in [-0.05, 0) is 47.9 Å². The third-order valence-electron chi connectivity index (χ3n) is 5.58. The molecule has 4 nitrogen and oxygen atoms in total. The second kappa shape index (κ2) is 11.8. The van der Waals surface area contributed by atoms with E-state index in [2.05, 4.69) is 36.5 Å². The molecule has 0 spiro atoms. The fourth-order valence-corrected chi connectivity index (χ4v) is 5.94. The molecule has 0 aliphatic carbocycles. The normalized spacial score (nSPS) is 15.5. The lowest BCUT2D eigenvalue weighted by Gasteiger charge is -2.24. The van der Waals surface area contributed by atoms with Crippen LogP contribution >= 0.6 is 35.1 Å². The van der Waals surface area contributed by atoms with Gasteiger partial charge in [-0.15, -0.1) is 11.8 Å². The minimum Gasteiger partial charge on any atom is -0.351 e. The molecule has 0 radical (unpaired) electrons. The molecule has 3 aromatic carbocycles. The quantitative estimate of drug-likeness (QED) is 0.354. The van der Waals surface area contributed by atoms with Crippen LogP contribution in [0.5, 0.6) is 0 Å². The fourth-order valence-electron chi connectivity index (χ4n) is 3.82. The molecule has 1 atom stereocenters. The Hall–Kier alpha value is -2.41. The van der Waals surface area contributed by atoms with Gasteiger partial charge in [0.25, 0.3) is 5.91 Å². The van der Waals surface area contributed by atoms with Crippen molar-refractivity contribution < 1.29 is 9.59 Å². The van der Waals surface area contributed by atoms with Crippen molar-refractivity contribution in [3.63, 3.8) is 0 Å². The molecule has 1 aliphatic rings. The van der Waals surface area contributed by atoms with Crippen LogP contribution in [-0.4, -0.2) is 34.8 Å². The van der Waals surface area contributed by atoms with E-state index < -0.39 is 0 Å². The Labute approximate surface area is 214 Å². The summed E-state index contributed by atoms with van der Waals surface area (Å²) in [5.74, 6) is 2.31. The Morgan fingerprint density at radius 3 is 2.59 bits per heavy atom. The molecule has 1 fully saturated rings. The van der Waals surface area contributed by atoms with E-state index in [9.17, 15) is 9.59 Å². The predicted molar refractivity (Wildman–Crippen MR) is 143 cm³/mol. The average Bonchev–Trinajstić information content (AvgIpc) is 3.20. The van der Waals surface area contributed by atoms with Gasteiger partial charge < -0.3 is 10.2 Å². The largest absolute Gasteiger partial charge is 0.351 e. The van der Waals surface area contributed by atoms with Crippen molar-refractivity contribution >= 4 is 46.9 Å². The number of rotatable bonds is 9. The molecule has 1 N–H and O–H groups in total. The Morgan fingerprint density at radius 2 is 1.85 bits per heavy atom. The lowest BCUT2D eigenvalue weighted by Crippen LogP contribution is -2.28. The fraction of sp³-hybridized carbons (Fsp3) is 0.259. The highest BCUT2D eigenvalue weighted by molar-refractivity contribution is 8.00. The minimum absolute atomic E-state index is 0.0571. The number of carbonyl (C=O) groups is 2. The molecule has 0 unspecified atom stereocenters. The van der Waals surface area contributed by atoms with Gasteiger partial charge in [-0.2, -0.15) is 11.8 Å². The molecule has 1 aliphatic heterocycles. The van der Waals surface area contributed by atoms with Crippen LogP contribution in [0.1, 0.15) is 38.0 Å². The Kier molecular flexibility index (Phi) is 8.59. The summed E-state index contributed by atoms with van der Waals surface area (Å²) >= 11 is 9.41. The molecule has 1 heterocycles. The van der Waals surface area contributed by atoms with Crippen LogP contribution < -0.4 is 5.32 Å². The summed E-state index contributed by atoms with van der Waals surface area (Å²) in [4.78, 5) is 26.9. The van der Waals surface area contributed by atoms with Crippen LogP contribution in [0.15, 0.2) is 72.8 Å². The third kappa shape index (κ3) is 6.59. The number of nitrogens with zero attached hydrogens (tertiary/aromatic N) is 1. The molecule has 0 bridgehead atoms. The summed E-state index contributed by atoms with van der Waals surface area (Å²) in [5, 5.41) is 3.62. The maximum absolute atomic E-state index is 12.5. The minimum atomic E-state index is -0.0733. The molecular weight excluding hydrogens is 484 g/mol. The molecule has 1 saturated heterocycles. The molecule has 0 saturated carbocycles. The van der Waals surface area contributed by atoms with Crippen LogP contribution in [0.4, 0.5) is 0 Å². The van der Waals surface area contributed by atoms with E-state index in [1.807, 2.05) is 65.2 Å². The number of thioether (sulfide) groups is 2. The van der Waals surface area contributed by atoms with Crippen molar-refractivity contribution in [3.05, 3.63) is 106 Å². The van der Waals surface area contributed by atoms with Gasteiger partial charge >= 0.3 is 0 Å². The lowest BCUT2D eigenvalue weighted by atomic mass is 10.1. The molecule has 34 heavy (non-hydrogen) atoms. The van der Waals surface area contributed by atoms with E-state index in [1.165, 1.54) is 11.1 Å². The average molecular weight is 511 g/mol. The summed E-state index contributed by atoms with van der Waals surface area (Å²) < 4.78 is 0. The van der Waals surface area contributed by atoms with E-state index in [0.29, 0.717) is 29.4 Å². The van der Waals surface area contributed by atoms with E-state index in [1.54, 1.807) is 11.8 Å². The SMILES string of the molecule is Cc1cccc(CSCCNC(=O)c2ccc([C@H]3SCC(=O)N3Cc3ccc(Cl)cc3)cc2)c1. The summed E-state index contributed by atoms with van der Waals surface area (Å²) in [6, 6.07) is 23.7. The Bertz CT molecular complexity index is 1140. The highest BCUT2D eigenvalue weighted by Crippen LogP contribution is 2.39. The van der Waals surface area contributed by atoms with Crippen LogP contribution in [0.3, 0.4) is 0 Å². The summed E-state index contributed by atoms with van der Waals surface area (Å²) in [5.41, 5.74) is 5.27. The monoisotopic (exact) mass is 510 g/mol. The highest BCUT2D eigenvalue weighted by atomic mass is 35.5. The second-order valence-electron chi connectivity index (χ2n) is 8.23. The summed E-state index contributed by atoms with van der Waals surface area (Å²) in [6.07, 6.45) is 0. The zero-order valence-electron chi connectivity index (χ0n) is 19.0. The number of aryl methyl sites for hydroxylation is 1. The van der Waals surface area contributed by atoms with Gasteiger partial charge in [-0.25, -0.2) is 0 Å². The number of amides is 2. The first-order valence-corrected chi connectivity index (χ1v) is 13.7. The van der Waals surface area contributed by atoms with Gasteiger partial charge in [0.15, 0.2) is 0 Å². The van der Waals surface area contributed by atoms with Crippen LogP contribution in [0.25, 0.3) is 0 Å². The second-order valence-corrected chi connectivity index (χ2v) is 10.8. The number of benzene rings is 3. The number of carbonyl (C=O) groups excluding carboxylic acids is 2. The van der Waals surface area contributed by atoms with Gasteiger partial charge in [0.1, 0.15) is 5.37 Å². The van der Waals surface area contributed by atoms with Crippen molar-refractivity contribution in [3.8, 4) is 0 Å². The number of halogens is 1. The smallest absolute Gasteiger partial charge is 0.251 e. The van der Waals surface area contributed by atoms with Crippen molar-refractivity contribution in [2.75, 3.05) is 18.1 Å². The molecule has 0 aromatic heterocycles. The Balaban J connectivity index is 1.28.